The second kappa shape index (κ2) is 8.42. The molecule has 3 aromatic rings. The summed E-state index contributed by atoms with van der Waals surface area (Å²) in [7, 11) is 1.61. The first-order chi connectivity index (χ1) is 12.6. The monoisotopic (exact) mass is 432 g/mol. The molecule has 0 aliphatic rings. The predicted molar refractivity (Wildman–Crippen MR) is 106 cm³/mol. The number of ether oxygens (including phenoxy) is 1. The summed E-state index contributed by atoms with van der Waals surface area (Å²) in [5, 5.41) is 10.6. The lowest BCUT2D eigenvalue weighted by molar-refractivity contribution is 0.412. The van der Waals surface area contributed by atoms with Gasteiger partial charge in [-0.15, -0.1) is 0 Å². The predicted octanol–water partition coefficient (Wildman–Crippen LogP) is 4.13. The molecular weight excluding hydrogens is 416 g/mol. The average molecular weight is 433 g/mol. The smallest absolute Gasteiger partial charge is 0.258 e. The molecule has 26 heavy (non-hydrogen) atoms. The van der Waals surface area contributed by atoms with Crippen molar-refractivity contribution >= 4 is 27.7 Å². The van der Waals surface area contributed by atoms with Gasteiger partial charge in [-0.05, 0) is 39.2 Å². The lowest BCUT2D eigenvalue weighted by Gasteiger charge is -2.08. The highest BCUT2D eigenvalue weighted by Crippen LogP contribution is 2.28. The first-order valence-electron chi connectivity index (χ1n) is 7.88. The second-order valence-corrected chi connectivity index (χ2v) is 7.41. The molecule has 5 nitrogen and oxygen atoms in total. The van der Waals surface area contributed by atoms with E-state index in [9.17, 15) is 9.90 Å². The summed E-state index contributed by atoms with van der Waals surface area (Å²) in [5.41, 5.74) is 1.93. The number of rotatable bonds is 6. The lowest BCUT2D eigenvalue weighted by atomic mass is 10.1. The van der Waals surface area contributed by atoms with Crippen molar-refractivity contribution in [1.29, 1.82) is 0 Å². The fraction of sp³-hybridized carbons (Fsp3) is 0.158. The molecule has 0 fully saturated rings. The highest BCUT2D eigenvalue weighted by molar-refractivity contribution is 9.10. The Bertz CT molecular complexity index is 961. The van der Waals surface area contributed by atoms with Gasteiger partial charge in [-0.2, -0.15) is 4.98 Å². The molecule has 1 aromatic heterocycles. The van der Waals surface area contributed by atoms with E-state index in [4.69, 9.17) is 4.74 Å². The molecular formula is C19H17BrN2O3S. The summed E-state index contributed by atoms with van der Waals surface area (Å²) in [6.45, 7) is 0. The Balaban J connectivity index is 1.73. The van der Waals surface area contributed by atoms with Gasteiger partial charge in [0.15, 0.2) is 5.16 Å². The molecule has 134 valence electrons. The van der Waals surface area contributed by atoms with E-state index in [0.29, 0.717) is 17.3 Å². The fourth-order valence-corrected chi connectivity index (χ4v) is 3.83. The third kappa shape index (κ3) is 4.47. The van der Waals surface area contributed by atoms with Crippen LogP contribution in [0.15, 0.2) is 63.0 Å². The lowest BCUT2D eigenvalue weighted by Crippen LogP contribution is -2.15. The highest BCUT2D eigenvalue weighted by Gasteiger charge is 2.12. The number of benzene rings is 2. The SMILES string of the molecule is COc1ccc(CSc2nc(O)c(Cc3ccccc3)c(=O)[nH]2)cc1Br. The number of hydrogen-bond acceptors (Lipinski definition) is 5. The molecule has 2 aromatic carbocycles. The van der Waals surface area contributed by atoms with Crippen LogP contribution in [0.3, 0.4) is 0 Å². The van der Waals surface area contributed by atoms with Crippen molar-refractivity contribution in [3.05, 3.63) is 80.0 Å². The van der Waals surface area contributed by atoms with Gasteiger partial charge in [0, 0.05) is 12.2 Å². The molecule has 0 saturated carbocycles. The molecule has 0 bridgehead atoms. The Labute approximate surface area is 163 Å². The number of aromatic hydroxyl groups is 1. The molecule has 0 saturated heterocycles. The van der Waals surface area contributed by atoms with E-state index in [1.807, 2.05) is 48.5 Å². The third-order valence-corrected chi connectivity index (χ3v) is 5.35. The van der Waals surface area contributed by atoms with Crippen LogP contribution in [0.25, 0.3) is 0 Å². The molecule has 0 amide bonds. The molecule has 2 N–H and O–H groups in total. The summed E-state index contributed by atoms with van der Waals surface area (Å²) in [6.07, 6.45) is 0.339. The zero-order valence-corrected chi connectivity index (χ0v) is 16.4. The van der Waals surface area contributed by atoms with Gasteiger partial charge in [-0.25, -0.2) is 0 Å². The molecule has 1 heterocycles. The van der Waals surface area contributed by atoms with E-state index >= 15 is 0 Å². The maximum atomic E-state index is 12.3. The van der Waals surface area contributed by atoms with Crippen LogP contribution in [-0.4, -0.2) is 22.2 Å². The van der Waals surface area contributed by atoms with Gasteiger partial charge >= 0.3 is 0 Å². The van der Waals surface area contributed by atoms with Crippen molar-refractivity contribution in [2.45, 2.75) is 17.3 Å². The summed E-state index contributed by atoms with van der Waals surface area (Å²) < 4.78 is 6.07. The first kappa shape index (κ1) is 18.5. The van der Waals surface area contributed by atoms with E-state index in [1.165, 1.54) is 11.8 Å². The Morgan fingerprint density at radius 2 is 1.96 bits per heavy atom. The minimum absolute atomic E-state index is 0.226. The number of aromatic nitrogens is 2. The number of thioether (sulfide) groups is 1. The third-order valence-electron chi connectivity index (χ3n) is 3.79. The topological polar surface area (TPSA) is 75.2 Å². The molecule has 0 unspecified atom stereocenters. The maximum Gasteiger partial charge on any atom is 0.258 e. The normalized spacial score (nSPS) is 10.7. The number of hydrogen-bond donors (Lipinski definition) is 2. The van der Waals surface area contributed by atoms with Gasteiger partial charge in [0.2, 0.25) is 5.88 Å². The number of H-pyrrole nitrogens is 1. The van der Waals surface area contributed by atoms with Crippen molar-refractivity contribution in [2.75, 3.05) is 7.11 Å². The van der Waals surface area contributed by atoms with E-state index in [-0.39, 0.29) is 17.0 Å². The quantitative estimate of drug-likeness (QED) is 0.452. The summed E-state index contributed by atoms with van der Waals surface area (Å²) >= 11 is 4.80. The number of halogens is 1. The van der Waals surface area contributed by atoms with Crippen LogP contribution in [0.4, 0.5) is 0 Å². The van der Waals surface area contributed by atoms with Crippen molar-refractivity contribution < 1.29 is 9.84 Å². The molecule has 0 radical (unpaired) electrons. The summed E-state index contributed by atoms with van der Waals surface area (Å²) in [4.78, 5) is 19.2. The van der Waals surface area contributed by atoms with E-state index in [2.05, 4.69) is 25.9 Å². The van der Waals surface area contributed by atoms with Gasteiger partial charge in [0.1, 0.15) is 5.75 Å². The van der Waals surface area contributed by atoms with E-state index in [1.54, 1.807) is 7.11 Å². The first-order valence-corrected chi connectivity index (χ1v) is 9.66. The summed E-state index contributed by atoms with van der Waals surface area (Å²) in [6, 6.07) is 15.3. The van der Waals surface area contributed by atoms with Crippen LogP contribution in [0, 0.1) is 0 Å². The largest absolute Gasteiger partial charge is 0.496 e. The number of methoxy groups -OCH3 is 1. The van der Waals surface area contributed by atoms with Crippen LogP contribution < -0.4 is 10.3 Å². The van der Waals surface area contributed by atoms with Crippen molar-refractivity contribution in [3.63, 3.8) is 0 Å². The van der Waals surface area contributed by atoms with Crippen LogP contribution in [0.1, 0.15) is 16.7 Å². The van der Waals surface area contributed by atoms with Crippen LogP contribution in [0.2, 0.25) is 0 Å². The van der Waals surface area contributed by atoms with Gasteiger partial charge in [0.25, 0.3) is 5.56 Å². The Kier molecular flexibility index (Phi) is 6.00. The highest BCUT2D eigenvalue weighted by atomic mass is 79.9. The molecule has 0 atom stereocenters. The number of nitrogens with one attached hydrogen (secondary N) is 1. The Hall–Kier alpha value is -2.25. The second-order valence-electron chi connectivity index (χ2n) is 5.59. The van der Waals surface area contributed by atoms with Crippen LogP contribution in [0.5, 0.6) is 11.6 Å². The van der Waals surface area contributed by atoms with Crippen molar-refractivity contribution in [2.24, 2.45) is 0 Å². The average Bonchev–Trinajstić information content (AvgIpc) is 2.64. The fourth-order valence-electron chi connectivity index (χ4n) is 2.44. The minimum Gasteiger partial charge on any atom is -0.496 e. The number of aromatic amines is 1. The zero-order chi connectivity index (χ0) is 18.5. The number of nitrogens with zero attached hydrogens (tertiary/aromatic N) is 1. The van der Waals surface area contributed by atoms with Gasteiger partial charge in [0.05, 0.1) is 17.1 Å². The van der Waals surface area contributed by atoms with Gasteiger partial charge in [-0.3, -0.25) is 4.79 Å². The van der Waals surface area contributed by atoms with E-state index < -0.39 is 0 Å². The maximum absolute atomic E-state index is 12.3. The standard InChI is InChI=1S/C19H17BrN2O3S/c1-25-16-8-7-13(10-15(16)20)11-26-19-21-17(23)14(18(24)22-19)9-12-5-3-2-4-6-12/h2-8,10H,9,11H2,1H3,(H2,21,22,23,24). The zero-order valence-electron chi connectivity index (χ0n) is 14.0. The van der Waals surface area contributed by atoms with Crippen LogP contribution >= 0.6 is 27.7 Å². The molecule has 3 rings (SSSR count). The minimum atomic E-state index is -0.320. The van der Waals surface area contributed by atoms with Gasteiger partial charge < -0.3 is 14.8 Å². The molecule has 0 aliphatic carbocycles. The Morgan fingerprint density at radius 1 is 1.19 bits per heavy atom. The van der Waals surface area contributed by atoms with Crippen LogP contribution in [-0.2, 0) is 12.2 Å². The Morgan fingerprint density at radius 3 is 2.62 bits per heavy atom. The van der Waals surface area contributed by atoms with Gasteiger partial charge in [-0.1, -0.05) is 48.2 Å². The molecule has 7 heteroatoms. The molecule has 0 aliphatic heterocycles. The van der Waals surface area contributed by atoms with E-state index in [0.717, 1.165) is 21.3 Å². The van der Waals surface area contributed by atoms with Crippen molar-refractivity contribution in [3.8, 4) is 11.6 Å². The molecule has 0 spiro atoms. The summed E-state index contributed by atoms with van der Waals surface area (Å²) in [5.74, 6) is 1.13. The van der Waals surface area contributed by atoms with Crippen molar-refractivity contribution in [1.82, 2.24) is 9.97 Å².